The van der Waals surface area contributed by atoms with Gasteiger partial charge in [-0.25, -0.2) is 9.98 Å². The molecule has 4 rings (SSSR count). The van der Waals surface area contributed by atoms with Crippen LogP contribution in [0.3, 0.4) is 0 Å². The lowest BCUT2D eigenvalue weighted by Crippen LogP contribution is -2.22. The van der Waals surface area contributed by atoms with Crippen LogP contribution in [0.4, 0.5) is 11.5 Å². The lowest BCUT2D eigenvalue weighted by atomic mass is 10.1. The van der Waals surface area contributed by atoms with Gasteiger partial charge < -0.3 is 23.9 Å². The number of nitrogens with one attached hydrogen (secondary N) is 1. The highest BCUT2D eigenvalue weighted by Crippen LogP contribution is 2.31. The summed E-state index contributed by atoms with van der Waals surface area (Å²) in [5.41, 5.74) is 2.15. The first-order chi connectivity index (χ1) is 16.0. The average Bonchev–Trinajstić information content (AvgIpc) is 2.83. The summed E-state index contributed by atoms with van der Waals surface area (Å²) in [6, 6.07) is 17.7. The molecular weight excluding hydrogens is 422 g/mol. The molecule has 0 bridgehead atoms. The number of benzene rings is 2. The molecule has 0 spiro atoms. The number of methoxy groups -OCH3 is 3. The molecular formula is C25H23N3O5. The molecule has 8 nitrogen and oxygen atoms in total. The fraction of sp³-hybridized carbons (Fsp3) is 0.160. The number of para-hydroxylation sites is 1. The summed E-state index contributed by atoms with van der Waals surface area (Å²) in [5.74, 6) is 1.64. The molecule has 33 heavy (non-hydrogen) atoms. The number of carbonyl (C=O) groups excluding carboxylic acids is 1. The van der Waals surface area contributed by atoms with Crippen molar-refractivity contribution >= 4 is 28.4 Å². The van der Waals surface area contributed by atoms with Gasteiger partial charge in [-0.1, -0.05) is 18.2 Å². The van der Waals surface area contributed by atoms with Gasteiger partial charge in [-0.05, 0) is 43.3 Å². The van der Waals surface area contributed by atoms with Crippen LogP contribution in [0.1, 0.15) is 16.1 Å². The topological polar surface area (TPSA) is 95.2 Å². The van der Waals surface area contributed by atoms with E-state index >= 15 is 0 Å². The smallest absolute Gasteiger partial charge is 0.262 e. The fourth-order valence-corrected chi connectivity index (χ4v) is 3.34. The lowest BCUT2D eigenvalue weighted by molar-refractivity contribution is 0.102. The zero-order chi connectivity index (χ0) is 23.4. The molecule has 2 aromatic carbocycles. The Balaban J connectivity index is 1.89. The van der Waals surface area contributed by atoms with Crippen molar-refractivity contribution in [3.63, 3.8) is 0 Å². The number of aryl methyl sites for hydroxylation is 1. The van der Waals surface area contributed by atoms with Crippen LogP contribution < -0.4 is 25.1 Å². The zero-order valence-electron chi connectivity index (χ0n) is 18.7. The van der Waals surface area contributed by atoms with Crippen LogP contribution in [-0.2, 0) is 0 Å². The van der Waals surface area contributed by atoms with E-state index in [0.29, 0.717) is 39.7 Å². The minimum absolute atomic E-state index is 0.115. The molecule has 0 aliphatic rings. The van der Waals surface area contributed by atoms with Gasteiger partial charge in [0.25, 0.3) is 5.91 Å². The highest BCUT2D eigenvalue weighted by atomic mass is 16.5. The van der Waals surface area contributed by atoms with Crippen LogP contribution in [0.2, 0.25) is 0 Å². The number of carbonyl (C=O) groups is 1. The molecule has 1 amide bonds. The van der Waals surface area contributed by atoms with Crippen molar-refractivity contribution in [2.24, 2.45) is 4.99 Å². The van der Waals surface area contributed by atoms with Crippen LogP contribution in [0.25, 0.3) is 11.0 Å². The van der Waals surface area contributed by atoms with Crippen LogP contribution >= 0.6 is 0 Å². The minimum Gasteiger partial charge on any atom is -0.493 e. The molecule has 1 N–H and O–H groups in total. The van der Waals surface area contributed by atoms with E-state index in [1.165, 1.54) is 0 Å². The first kappa shape index (κ1) is 21.9. The summed E-state index contributed by atoms with van der Waals surface area (Å²) in [5, 5.41) is 3.51. The highest BCUT2D eigenvalue weighted by Gasteiger charge is 2.16. The molecule has 0 aliphatic heterocycles. The number of aromatic nitrogens is 1. The molecule has 0 radical (unpaired) electrons. The Hall–Kier alpha value is -4.33. The largest absolute Gasteiger partial charge is 0.493 e. The number of rotatable bonds is 6. The van der Waals surface area contributed by atoms with Gasteiger partial charge in [-0.15, -0.1) is 0 Å². The number of nitrogens with zero attached hydrogens (tertiary/aromatic N) is 2. The molecule has 0 saturated heterocycles. The molecule has 0 aliphatic carbocycles. The Morgan fingerprint density at radius 2 is 1.67 bits per heavy atom. The predicted octanol–water partition coefficient (Wildman–Crippen LogP) is 4.65. The SMILES string of the molecule is COc1ccc(N=c2oc3c(OC)cccc3cc2C(=O)Nc2cccc(C)n2)cc1OC. The monoisotopic (exact) mass is 445 g/mol. The Kier molecular flexibility index (Phi) is 6.26. The van der Waals surface area contributed by atoms with E-state index < -0.39 is 5.91 Å². The lowest BCUT2D eigenvalue weighted by Gasteiger charge is -2.10. The standard InChI is InChI=1S/C25H23N3O5/c1-15-7-5-10-22(26-15)28-24(29)18-13-16-8-6-9-20(31-3)23(16)33-25(18)27-17-11-12-19(30-2)21(14-17)32-4/h5-14H,1-4H3,(H,26,28,29). The average molecular weight is 445 g/mol. The van der Waals surface area contributed by atoms with Gasteiger partial charge in [0.1, 0.15) is 11.4 Å². The van der Waals surface area contributed by atoms with Gasteiger partial charge in [0.05, 0.1) is 27.0 Å². The van der Waals surface area contributed by atoms with Crippen LogP contribution in [-0.4, -0.2) is 32.2 Å². The molecule has 168 valence electrons. The van der Waals surface area contributed by atoms with E-state index in [1.807, 2.05) is 31.2 Å². The first-order valence-corrected chi connectivity index (χ1v) is 10.1. The van der Waals surface area contributed by atoms with Crippen molar-refractivity contribution in [2.75, 3.05) is 26.6 Å². The van der Waals surface area contributed by atoms with Crippen molar-refractivity contribution in [1.82, 2.24) is 4.98 Å². The molecule has 0 saturated carbocycles. The van der Waals surface area contributed by atoms with Gasteiger partial charge in [0.15, 0.2) is 22.8 Å². The Bertz CT molecular complexity index is 1390. The summed E-state index contributed by atoms with van der Waals surface area (Å²) in [4.78, 5) is 22.1. The molecule has 0 unspecified atom stereocenters. The third kappa shape index (κ3) is 4.64. The van der Waals surface area contributed by atoms with Gasteiger partial charge in [0.2, 0.25) is 5.55 Å². The Labute approximate surface area is 190 Å². The van der Waals surface area contributed by atoms with Gasteiger partial charge in [0, 0.05) is 17.1 Å². The molecule has 8 heteroatoms. The Morgan fingerprint density at radius 1 is 0.909 bits per heavy atom. The van der Waals surface area contributed by atoms with E-state index in [4.69, 9.17) is 18.6 Å². The molecule has 4 aromatic rings. The maximum absolute atomic E-state index is 13.2. The number of anilines is 1. The number of fused-ring (bicyclic) bond motifs is 1. The molecule has 2 heterocycles. The fourth-order valence-electron chi connectivity index (χ4n) is 3.34. The third-order valence-corrected chi connectivity index (χ3v) is 4.93. The third-order valence-electron chi connectivity index (χ3n) is 4.93. The molecule has 0 atom stereocenters. The van der Waals surface area contributed by atoms with E-state index in [-0.39, 0.29) is 11.1 Å². The summed E-state index contributed by atoms with van der Waals surface area (Å²) in [6.07, 6.45) is 0. The van der Waals surface area contributed by atoms with Crippen molar-refractivity contribution in [3.05, 3.63) is 77.5 Å². The maximum atomic E-state index is 13.2. The quantitative estimate of drug-likeness (QED) is 0.464. The zero-order valence-corrected chi connectivity index (χ0v) is 18.7. The van der Waals surface area contributed by atoms with Crippen molar-refractivity contribution in [1.29, 1.82) is 0 Å². The van der Waals surface area contributed by atoms with Gasteiger partial charge in [-0.3, -0.25) is 4.79 Å². The molecule has 0 fully saturated rings. The Morgan fingerprint density at radius 3 is 2.39 bits per heavy atom. The van der Waals surface area contributed by atoms with Crippen LogP contribution in [0, 0.1) is 6.92 Å². The predicted molar refractivity (Wildman–Crippen MR) is 124 cm³/mol. The molecule has 2 aromatic heterocycles. The highest BCUT2D eigenvalue weighted by molar-refractivity contribution is 6.05. The summed E-state index contributed by atoms with van der Waals surface area (Å²) in [6.45, 7) is 1.85. The van der Waals surface area contributed by atoms with E-state index in [9.17, 15) is 4.79 Å². The summed E-state index contributed by atoms with van der Waals surface area (Å²) >= 11 is 0. The van der Waals surface area contributed by atoms with E-state index in [2.05, 4.69) is 15.3 Å². The number of ether oxygens (including phenoxy) is 3. The summed E-state index contributed by atoms with van der Waals surface area (Å²) in [7, 11) is 4.65. The van der Waals surface area contributed by atoms with Crippen LogP contribution in [0.15, 0.2) is 70.1 Å². The normalized spacial score (nSPS) is 11.3. The van der Waals surface area contributed by atoms with Crippen molar-refractivity contribution < 1.29 is 23.4 Å². The summed E-state index contributed by atoms with van der Waals surface area (Å²) < 4.78 is 22.2. The number of hydrogen-bond acceptors (Lipinski definition) is 7. The van der Waals surface area contributed by atoms with E-state index in [1.54, 1.807) is 57.7 Å². The minimum atomic E-state index is -0.402. The maximum Gasteiger partial charge on any atom is 0.262 e. The van der Waals surface area contributed by atoms with Crippen LogP contribution in [0.5, 0.6) is 17.2 Å². The number of hydrogen-bond donors (Lipinski definition) is 1. The number of pyridine rings is 1. The van der Waals surface area contributed by atoms with E-state index in [0.717, 1.165) is 5.69 Å². The van der Waals surface area contributed by atoms with Gasteiger partial charge in [-0.2, -0.15) is 0 Å². The first-order valence-electron chi connectivity index (χ1n) is 10.1. The number of amides is 1. The second-order valence-electron chi connectivity index (χ2n) is 7.11. The van der Waals surface area contributed by atoms with Crippen molar-refractivity contribution in [3.8, 4) is 17.2 Å². The second kappa shape index (κ2) is 9.44. The second-order valence-corrected chi connectivity index (χ2v) is 7.11. The van der Waals surface area contributed by atoms with Gasteiger partial charge >= 0.3 is 0 Å². The van der Waals surface area contributed by atoms with Crippen molar-refractivity contribution in [2.45, 2.75) is 6.92 Å².